The standard InChI is InChI=1S/C14H23NO4/c16-13(17)8-7-12-14(18)15(9-10-19-12)11-5-3-1-2-4-6-11/h11-12H,1-10H2,(H,16,17). The fourth-order valence-electron chi connectivity index (χ4n) is 3.05. The van der Waals surface area contributed by atoms with Crippen molar-refractivity contribution < 1.29 is 19.4 Å². The predicted molar refractivity (Wildman–Crippen MR) is 69.8 cm³/mol. The average Bonchev–Trinajstić information content (AvgIpc) is 2.66. The molecule has 2 fully saturated rings. The van der Waals surface area contributed by atoms with Gasteiger partial charge >= 0.3 is 5.97 Å². The van der Waals surface area contributed by atoms with Crippen molar-refractivity contribution >= 4 is 11.9 Å². The van der Waals surface area contributed by atoms with E-state index in [0.717, 1.165) is 12.8 Å². The third-order valence-electron chi connectivity index (χ3n) is 4.10. The highest BCUT2D eigenvalue weighted by atomic mass is 16.5. The average molecular weight is 269 g/mol. The van der Waals surface area contributed by atoms with Gasteiger partial charge in [0.15, 0.2) is 0 Å². The van der Waals surface area contributed by atoms with E-state index in [1.165, 1.54) is 25.7 Å². The lowest BCUT2D eigenvalue weighted by molar-refractivity contribution is -0.157. The molecule has 1 N–H and O–H groups in total. The molecule has 0 radical (unpaired) electrons. The Kier molecular flexibility index (Phi) is 5.19. The molecule has 2 aliphatic rings. The summed E-state index contributed by atoms with van der Waals surface area (Å²) >= 11 is 0. The number of carboxylic acids is 1. The Morgan fingerprint density at radius 2 is 1.95 bits per heavy atom. The zero-order valence-electron chi connectivity index (χ0n) is 11.3. The number of carboxylic acid groups (broad SMARTS) is 1. The Morgan fingerprint density at radius 3 is 2.58 bits per heavy atom. The minimum Gasteiger partial charge on any atom is -0.481 e. The molecule has 1 aliphatic carbocycles. The molecular formula is C14H23NO4. The summed E-state index contributed by atoms with van der Waals surface area (Å²) in [6.07, 6.45) is 6.80. The number of morpholine rings is 1. The van der Waals surface area contributed by atoms with Crippen LogP contribution >= 0.6 is 0 Å². The predicted octanol–water partition coefficient (Wildman–Crippen LogP) is 1.80. The highest BCUT2D eigenvalue weighted by Gasteiger charge is 2.34. The SMILES string of the molecule is O=C(O)CCC1OCCN(C2CCCCCC2)C1=O. The van der Waals surface area contributed by atoms with Crippen molar-refractivity contribution in [3.63, 3.8) is 0 Å². The largest absolute Gasteiger partial charge is 0.481 e. The summed E-state index contributed by atoms with van der Waals surface area (Å²) < 4.78 is 5.44. The van der Waals surface area contributed by atoms with Gasteiger partial charge in [-0.15, -0.1) is 0 Å². The van der Waals surface area contributed by atoms with Gasteiger partial charge in [0.1, 0.15) is 6.10 Å². The van der Waals surface area contributed by atoms with Crippen molar-refractivity contribution in [1.29, 1.82) is 0 Å². The Bertz CT molecular complexity index is 323. The molecule has 108 valence electrons. The Hall–Kier alpha value is -1.10. The number of carbonyl (C=O) groups is 2. The third kappa shape index (κ3) is 3.93. The number of hydrogen-bond acceptors (Lipinski definition) is 3. The van der Waals surface area contributed by atoms with E-state index < -0.39 is 12.1 Å². The van der Waals surface area contributed by atoms with E-state index in [2.05, 4.69) is 0 Å². The number of rotatable bonds is 4. The lowest BCUT2D eigenvalue weighted by Crippen LogP contribution is -2.52. The summed E-state index contributed by atoms with van der Waals surface area (Å²) in [5.74, 6) is -0.873. The van der Waals surface area contributed by atoms with Gasteiger partial charge in [-0.05, 0) is 19.3 Å². The van der Waals surface area contributed by atoms with Gasteiger partial charge in [0.2, 0.25) is 0 Å². The molecular weight excluding hydrogens is 246 g/mol. The van der Waals surface area contributed by atoms with Crippen LogP contribution in [0.4, 0.5) is 0 Å². The zero-order chi connectivity index (χ0) is 13.7. The molecule has 0 spiro atoms. The molecule has 0 aromatic heterocycles. The monoisotopic (exact) mass is 269 g/mol. The Morgan fingerprint density at radius 1 is 1.26 bits per heavy atom. The molecule has 5 nitrogen and oxygen atoms in total. The van der Waals surface area contributed by atoms with Gasteiger partial charge in [0.25, 0.3) is 5.91 Å². The van der Waals surface area contributed by atoms with Crippen LogP contribution < -0.4 is 0 Å². The Balaban J connectivity index is 1.92. The maximum absolute atomic E-state index is 12.4. The van der Waals surface area contributed by atoms with Gasteiger partial charge < -0.3 is 14.7 Å². The number of hydrogen-bond donors (Lipinski definition) is 1. The van der Waals surface area contributed by atoms with Gasteiger partial charge in [-0.25, -0.2) is 0 Å². The van der Waals surface area contributed by atoms with Crippen LogP contribution in [0, 0.1) is 0 Å². The van der Waals surface area contributed by atoms with Crippen LogP contribution in [0.5, 0.6) is 0 Å². The quantitative estimate of drug-likeness (QED) is 0.790. The van der Waals surface area contributed by atoms with E-state index in [-0.39, 0.29) is 18.7 Å². The molecule has 1 amide bonds. The van der Waals surface area contributed by atoms with Crippen molar-refractivity contribution in [3.05, 3.63) is 0 Å². The van der Waals surface area contributed by atoms with Crippen LogP contribution in [0.1, 0.15) is 51.4 Å². The van der Waals surface area contributed by atoms with Crippen molar-refractivity contribution in [1.82, 2.24) is 4.90 Å². The number of ether oxygens (including phenoxy) is 1. The normalized spacial score (nSPS) is 26.2. The summed E-state index contributed by atoms with van der Waals surface area (Å²) in [5, 5.41) is 8.70. The van der Waals surface area contributed by atoms with Gasteiger partial charge in [-0.3, -0.25) is 9.59 Å². The second kappa shape index (κ2) is 6.89. The fraction of sp³-hybridized carbons (Fsp3) is 0.857. The van der Waals surface area contributed by atoms with E-state index in [4.69, 9.17) is 9.84 Å². The first-order chi connectivity index (χ1) is 9.18. The molecule has 1 aliphatic heterocycles. The van der Waals surface area contributed by atoms with Crippen LogP contribution in [-0.4, -0.2) is 47.2 Å². The first-order valence-corrected chi connectivity index (χ1v) is 7.32. The Labute approximate surface area is 113 Å². The van der Waals surface area contributed by atoms with Crippen molar-refractivity contribution in [2.75, 3.05) is 13.2 Å². The van der Waals surface area contributed by atoms with E-state index in [0.29, 0.717) is 19.2 Å². The summed E-state index contributed by atoms with van der Waals surface area (Å²) in [5.41, 5.74) is 0. The molecule has 0 bridgehead atoms. The van der Waals surface area contributed by atoms with Crippen LogP contribution in [0.15, 0.2) is 0 Å². The molecule has 2 rings (SSSR count). The summed E-state index contributed by atoms with van der Waals surface area (Å²) in [6, 6.07) is 0.339. The van der Waals surface area contributed by atoms with E-state index in [1.54, 1.807) is 0 Å². The molecule has 1 unspecified atom stereocenters. The summed E-state index contributed by atoms with van der Waals surface area (Å²) in [4.78, 5) is 24.9. The van der Waals surface area contributed by atoms with Crippen molar-refractivity contribution in [2.45, 2.75) is 63.5 Å². The first kappa shape index (κ1) is 14.3. The maximum atomic E-state index is 12.4. The molecule has 1 atom stereocenters. The van der Waals surface area contributed by atoms with Gasteiger partial charge in [0, 0.05) is 19.0 Å². The molecule has 1 saturated heterocycles. The van der Waals surface area contributed by atoms with Crippen LogP contribution in [0.3, 0.4) is 0 Å². The summed E-state index contributed by atoms with van der Waals surface area (Å²) in [6.45, 7) is 1.19. The number of nitrogens with zero attached hydrogens (tertiary/aromatic N) is 1. The van der Waals surface area contributed by atoms with Gasteiger partial charge in [0.05, 0.1) is 6.61 Å². The van der Waals surface area contributed by atoms with Crippen molar-refractivity contribution in [2.24, 2.45) is 0 Å². The molecule has 1 saturated carbocycles. The first-order valence-electron chi connectivity index (χ1n) is 7.32. The number of carbonyl (C=O) groups excluding carboxylic acids is 1. The lowest BCUT2D eigenvalue weighted by Gasteiger charge is -2.37. The molecule has 0 aromatic carbocycles. The van der Waals surface area contributed by atoms with Crippen molar-refractivity contribution in [3.8, 4) is 0 Å². The number of amides is 1. The molecule has 5 heteroatoms. The van der Waals surface area contributed by atoms with Crippen LogP contribution in [0.25, 0.3) is 0 Å². The highest BCUT2D eigenvalue weighted by Crippen LogP contribution is 2.25. The van der Waals surface area contributed by atoms with E-state index in [9.17, 15) is 9.59 Å². The van der Waals surface area contributed by atoms with Gasteiger partial charge in [-0.1, -0.05) is 25.7 Å². The zero-order valence-corrected chi connectivity index (χ0v) is 11.3. The fourth-order valence-corrected chi connectivity index (χ4v) is 3.05. The lowest BCUT2D eigenvalue weighted by atomic mass is 10.0. The van der Waals surface area contributed by atoms with E-state index in [1.807, 2.05) is 4.90 Å². The third-order valence-corrected chi connectivity index (χ3v) is 4.10. The topological polar surface area (TPSA) is 66.8 Å². The highest BCUT2D eigenvalue weighted by molar-refractivity contribution is 5.82. The van der Waals surface area contributed by atoms with Crippen LogP contribution in [0.2, 0.25) is 0 Å². The van der Waals surface area contributed by atoms with E-state index >= 15 is 0 Å². The smallest absolute Gasteiger partial charge is 0.303 e. The van der Waals surface area contributed by atoms with Gasteiger partial charge in [-0.2, -0.15) is 0 Å². The molecule has 1 heterocycles. The second-order valence-electron chi connectivity index (χ2n) is 5.47. The second-order valence-corrected chi connectivity index (χ2v) is 5.47. The minimum atomic E-state index is -0.872. The van der Waals surface area contributed by atoms with Crippen LogP contribution in [-0.2, 0) is 14.3 Å². The maximum Gasteiger partial charge on any atom is 0.303 e. The summed E-state index contributed by atoms with van der Waals surface area (Å²) in [7, 11) is 0. The molecule has 0 aromatic rings. The minimum absolute atomic E-state index is 0.000556. The molecule has 19 heavy (non-hydrogen) atoms. The number of aliphatic carboxylic acids is 1.